The number of β-amino-alcohol motifs (C(OH)–C–C–N with tert-alkyl or cyclic N) is 1. The van der Waals surface area contributed by atoms with Gasteiger partial charge in [-0.3, -0.25) is 9.80 Å². The number of halogens is 3. The summed E-state index contributed by atoms with van der Waals surface area (Å²) in [7, 11) is 3.22. The van der Waals surface area contributed by atoms with Crippen LogP contribution >= 0.6 is 43.5 Å². The molecule has 3 N–H and O–H groups in total. The third-order valence-corrected chi connectivity index (χ3v) is 10.6. The SMILES string of the molecule is CC(C)(C)OC(=O)N1C[C@H](O)C[C@H]1C(=O)O.COc1ccc2c(Cl)nccc2c1Br.COc1ccc2c(O[C@@H]3C[C@@H](C(=O)O)N(C(=O)OC(C)(C)C)C3)nccc2c1Br. The van der Waals surface area contributed by atoms with E-state index in [0.29, 0.717) is 16.8 Å². The monoisotopic (exact) mass is 968 g/mol. The number of carboxylic acids is 2. The number of carboxylic acid groups (broad SMARTS) is 2. The maximum absolute atomic E-state index is 12.5. The van der Waals surface area contributed by atoms with E-state index in [4.69, 9.17) is 40.4 Å². The molecule has 4 atom stereocenters. The second kappa shape index (κ2) is 19.6. The molecule has 0 unspecified atom stereocenters. The molecule has 2 fully saturated rings. The second-order valence-electron chi connectivity index (χ2n) is 15.4. The van der Waals surface area contributed by atoms with Crippen LogP contribution in [-0.2, 0) is 19.1 Å². The molecule has 2 saturated heterocycles. The summed E-state index contributed by atoms with van der Waals surface area (Å²) in [5, 5.41) is 31.8. The standard InChI is InChI=1S/C20H23BrN2O6.C10H7BrClNO.C10H17NO5/c1-20(2,3)29-19(26)23-10-11(9-14(23)18(24)25)28-17-13-5-6-15(27-4)16(21)12(13)7-8-22-17;1-14-8-3-2-7-6(9(8)11)4-5-13-10(7)12;1-10(2,3)16-9(15)11-5-6(12)4-7(11)8(13)14/h5-8,11,14H,9-10H2,1-4H3,(H,24,25);2-5H,1H3;6-7,12H,4-5H2,1-3H3,(H,13,14)/t11-,14+;;6-,7+/m1.1/s1. The van der Waals surface area contributed by atoms with Crippen molar-refractivity contribution in [2.75, 3.05) is 27.3 Å². The molecule has 0 aliphatic carbocycles. The number of aliphatic carboxylic acids is 2. The predicted octanol–water partition coefficient (Wildman–Crippen LogP) is 7.95. The van der Waals surface area contributed by atoms with E-state index >= 15 is 0 Å². The number of pyridine rings is 2. The van der Waals surface area contributed by atoms with Gasteiger partial charge in [0.05, 0.1) is 42.4 Å². The second-order valence-corrected chi connectivity index (χ2v) is 17.4. The van der Waals surface area contributed by atoms with Crippen molar-refractivity contribution in [3.05, 3.63) is 62.9 Å². The van der Waals surface area contributed by atoms with E-state index < -0.39 is 59.6 Å². The highest BCUT2D eigenvalue weighted by molar-refractivity contribution is 9.11. The van der Waals surface area contributed by atoms with Crippen LogP contribution in [0.5, 0.6) is 17.4 Å². The Labute approximate surface area is 362 Å². The number of carbonyl (C=O) groups excluding carboxylic acids is 2. The van der Waals surface area contributed by atoms with Crippen molar-refractivity contribution in [3.63, 3.8) is 0 Å². The van der Waals surface area contributed by atoms with Gasteiger partial charge in [0.1, 0.15) is 46.0 Å². The summed E-state index contributed by atoms with van der Waals surface area (Å²) < 4.78 is 28.6. The number of amides is 2. The van der Waals surface area contributed by atoms with Gasteiger partial charge in [0.2, 0.25) is 5.88 Å². The van der Waals surface area contributed by atoms with E-state index in [2.05, 4.69) is 41.8 Å². The van der Waals surface area contributed by atoms with Crippen LogP contribution in [0, 0.1) is 0 Å². The fourth-order valence-corrected chi connectivity index (χ4v) is 7.61. The van der Waals surface area contributed by atoms with Gasteiger partial charge in [0, 0.05) is 46.8 Å². The molecule has 2 aromatic heterocycles. The van der Waals surface area contributed by atoms with Crippen LogP contribution < -0.4 is 14.2 Å². The Kier molecular flexibility index (Phi) is 15.6. The van der Waals surface area contributed by atoms with Crippen LogP contribution in [0.25, 0.3) is 21.5 Å². The van der Waals surface area contributed by atoms with Crippen LogP contribution in [0.3, 0.4) is 0 Å². The molecular formula is C40H47Br2ClN4O12. The number of aliphatic hydroxyl groups excluding tert-OH is 1. The van der Waals surface area contributed by atoms with Gasteiger partial charge < -0.3 is 39.0 Å². The van der Waals surface area contributed by atoms with Crippen molar-refractivity contribution in [3.8, 4) is 17.4 Å². The van der Waals surface area contributed by atoms with E-state index in [-0.39, 0.29) is 25.9 Å². The molecule has 4 aromatic rings. The molecule has 2 aliphatic rings. The van der Waals surface area contributed by atoms with Gasteiger partial charge >= 0.3 is 24.1 Å². The maximum Gasteiger partial charge on any atom is 0.411 e. The maximum atomic E-state index is 12.5. The minimum atomic E-state index is -1.12. The number of rotatable bonds is 6. The number of benzene rings is 2. The number of carbonyl (C=O) groups is 4. The largest absolute Gasteiger partial charge is 0.496 e. The highest BCUT2D eigenvalue weighted by Crippen LogP contribution is 2.37. The van der Waals surface area contributed by atoms with Gasteiger partial charge in [-0.1, -0.05) is 11.6 Å². The lowest BCUT2D eigenvalue weighted by Crippen LogP contribution is -2.43. The van der Waals surface area contributed by atoms with Crippen molar-refractivity contribution in [1.82, 2.24) is 19.8 Å². The molecule has 19 heteroatoms. The first-order chi connectivity index (χ1) is 27.5. The molecule has 2 aromatic carbocycles. The van der Waals surface area contributed by atoms with E-state index in [9.17, 15) is 29.4 Å². The average molecular weight is 971 g/mol. The Hall–Kier alpha value is -4.65. The molecular weight excluding hydrogens is 924 g/mol. The predicted molar refractivity (Wildman–Crippen MR) is 225 cm³/mol. The minimum absolute atomic E-state index is 0.00583. The Morgan fingerprint density at radius 3 is 1.64 bits per heavy atom. The Bertz CT molecular complexity index is 2180. The fraction of sp³-hybridized carbons (Fsp3) is 0.450. The summed E-state index contributed by atoms with van der Waals surface area (Å²) in [4.78, 5) is 57.2. The molecule has 0 radical (unpaired) electrons. The van der Waals surface area contributed by atoms with Crippen molar-refractivity contribution in [2.24, 2.45) is 0 Å². The zero-order valence-electron chi connectivity index (χ0n) is 33.7. The molecule has 2 amide bonds. The molecule has 0 saturated carbocycles. The molecule has 0 spiro atoms. The van der Waals surface area contributed by atoms with Crippen molar-refractivity contribution in [1.29, 1.82) is 0 Å². The summed E-state index contributed by atoms with van der Waals surface area (Å²) in [6.07, 6.45) is 0.784. The minimum Gasteiger partial charge on any atom is -0.496 e. The van der Waals surface area contributed by atoms with E-state index in [0.717, 1.165) is 41.1 Å². The molecule has 16 nitrogen and oxygen atoms in total. The van der Waals surface area contributed by atoms with E-state index in [1.165, 1.54) is 4.90 Å². The Morgan fingerprint density at radius 1 is 0.695 bits per heavy atom. The molecule has 320 valence electrons. The topological polar surface area (TPSA) is 207 Å². The molecule has 6 rings (SSSR count). The van der Waals surface area contributed by atoms with Gasteiger partial charge in [-0.15, -0.1) is 0 Å². The normalized spacial score (nSPS) is 18.9. The first kappa shape index (κ1) is 47.0. The fourth-order valence-electron chi connectivity index (χ4n) is 6.11. The van der Waals surface area contributed by atoms with Gasteiger partial charge in [0.15, 0.2) is 0 Å². The van der Waals surface area contributed by atoms with Crippen LogP contribution in [0.1, 0.15) is 54.4 Å². The number of fused-ring (bicyclic) bond motifs is 2. The summed E-state index contributed by atoms with van der Waals surface area (Å²) in [6.45, 7) is 10.4. The summed E-state index contributed by atoms with van der Waals surface area (Å²) in [5.74, 6) is -0.383. The summed E-state index contributed by atoms with van der Waals surface area (Å²) >= 11 is 12.9. The first-order valence-electron chi connectivity index (χ1n) is 18.2. The lowest BCUT2D eigenvalue weighted by atomic mass is 10.1. The highest BCUT2D eigenvalue weighted by atomic mass is 79.9. The number of nitrogens with zero attached hydrogens (tertiary/aromatic N) is 4. The molecule has 2 aliphatic heterocycles. The number of ether oxygens (including phenoxy) is 5. The summed E-state index contributed by atoms with van der Waals surface area (Å²) in [5.41, 5.74) is -1.39. The Morgan fingerprint density at radius 2 is 1.15 bits per heavy atom. The number of aliphatic hydroxyl groups is 1. The first-order valence-corrected chi connectivity index (χ1v) is 20.2. The lowest BCUT2D eigenvalue weighted by Gasteiger charge is -2.26. The van der Waals surface area contributed by atoms with Gasteiger partial charge in [-0.25, -0.2) is 29.1 Å². The smallest absolute Gasteiger partial charge is 0.411 e. The number of hydrogen-bond donors (Lipinski definition) is 3. The van der Waals surface area contributed by atoms with Crippen LogP contribution in [0.2, 0.25) is 5.15 Å². The van der Waals surface area contributed by atoms with E-state index in [1.807, 2.05) is 30.3 Å². The zero-order chi connectivity index (χ0) is 44.0. The van der Waals surface area contributed by atoms with Crippen molar-refractivity contribution < 1.29 is 58.2 Å². The van der Waals surface area contributed by atoms with Crippen LogP contribution in [0.15, 0.2) is 57.7 Å². The molecule has 59 heavy (non-hydrogen) atoms. The average Bonchev–Trinajstić information content (AvgIpc) is 3.76. The number of aromatic nitrogens is 2. The van der Waals surface area contributed by atoms with E-state index in [1.54, 1.807) is 74.2 Å². The van der Waals surface area contributed by atoms with Gasteiger partial charge in [-0.05, 0) is 110 Å². The van der Waals surface area contributed by atoms with Crippen LogP contribution in [0.4, 0.5) is 9.59 Å². The molecule has 0 bridgehead atoms. The van der Waals surface area contributed by atoms with Crippen LogP contribution in [-0.4, -0.2) is 122 Å². The number of likely N-dealkylation sites (tertiary alicyclic amines) is 2. The number of hydrogen-bond acceptors (Lipinski definition) is 12. The van der Waals surface area contributed by atoms with Crippen molar-refractivity contribution >= 4 is 89.1 Å². The lowest BCUT2D eigenvalue weighted by molar-refractivity contribution is -0.142. The third kappa shape index (κ3) is 12.2. The molecule has 4 heterocycles. The van der Waals surface area contributed by atoms with Gasteiger partial charge in [-0.2, -0.15) is 0 Å². The highest BCUT2D eigenvalue weighted by Gasteiger charge is 2.43. The Balaban J connectivity index is 0.000000216. The van der Waals surface area contributed by atoms with Crippen molar-refractivity contribution in [2.45, 2.75) is 89.9 Å². The summed E-state index contributed by atoms with van der Waals surface area (Å²) in [6, 6.07) is 9.10. The number of methoxy groups -OCH3 is 2. The zero-order valence-corrected chi connectivity index (χ0v) is 37.6. The van der Waals surface area contributed by atoms with Gasteiger partial charge in [0.25, 0.3) is 0 Å². The quantitative estimate of drug-likeness (QED) is 0.157. The third-order valence-electron chi connectivity index (χ3n) is 8.69.